The Morgan fingerprint density at radius 3 is 1.50 bits per heavy atom. The summed E-state index contributed by atoms with van der Waals surface area (Å²) in [6, 6.07) is -0.738. The van der Waals surface area contributed by atoms with Gasteiger partial charge in [-0.05, 0) is 130 Å². The second-order valence-electron chi connectivity index (χ2n) is 10.6. The second kappa shape index (κ2) is 31.9. The average molecular weight is 630 g/mol. The molecule has 0 saturated carbocycles. The number of carbonyl (C=O) groups excluding carboxylic acids is 3. The van der Waals surface area contributed by atoms with E-state index in [-0.39, 0.29) is 12.5 Å². The van der Waals surface area contributed by atoms with Gasteiger partial charge in [-0.3, -0.25) is 4.79 Å². The molecule has 0 saturated heterocycles. The van der Waals surface area contributed by atoms with E-state index in [9.17, 15) is 14.4 Å². The van der Waals surface area contributed by atoms with Gasteiger partial charge in [0.25, 0.3) is 0 Å². The van der Waals surface area contributed by atoms with Crippen molar-refractivity contribution < 1.29 is 23.9 Å². The monoisotopic (exact) mass is 629 g/mol. The van der Waals surface area contributed by atoms with E-state index >= 15 is 0 Å². The van der Waals surface area contributed by atoms with Crippen molar-refractivity contribution in [3.8, 4) is 0 Å². The lowest BCUT2D eigenvalue weighted by molar-refractivity contribution is -0.120. The van der Waals surface area contributed by atoms with Crippen molar-refractivity contribution >= 4 is 18.1 Å². The van der Waals surface area contributed by atoms with Crippen LogP contribution in [0.3, 0.4) is 0 Å². The van der Waals surface area contributed by atoms with Gasteiger partial charge in [0.2, 0.25) is 5.91 Å². The van der Waals surface area contributed by atoms with Crippen LogP contribution in [0.4, 0.5) is 9.59 Å². The Hall–Kier alpha value is -2.49. The third-order valence-corrected chi connectivity index (χ3v) is 6.43. The zero-order valence-corrected chi connectivity index (χ0v) is 27.4. The Morgan fingerprint density at radius 2 is 1.07 bits per heavy atom. The molecule has 0 fully saturated rings. The molecule has 44 heavy (non-hydrogen) atoms. The predicted octanol–water partition coefficient (Wildman–Crippen LogP) is 0.285. The largest absolute Gasteiger partial charge is 0.447 e. The van der Waals surface area contributed by atoms with Crippen LogP contribution in [-0.2, 0) is 14.3 Å². The Labute approximate surface area is 265 Å². The zero-order chi connectivity index (χ0) is 32.5. The molecule has 0 unspecified atom stereocenters. The molecule has 0 aliphatic carbocycles. The van der Waals surface area contributed by atoms with Gasteiger partial charge in [-0.15, -0.1) is 0 Å². The smallest absolute Gasteiger partial charge is 0.407 e. The van der Waals surface area contributed by atoms with E-state index in [2.05, 4.69) is 37.2 Å². The highest BCUT2D eigenvalue weighted by molar-refractivity contribution is 5.73. The molecule has 3 amide bonds. The van der Waals surface area contributed by atoms with Crippen molar-refractivity contribution in [2.75, 3.05) is 85.1 Å². The maximum absolute atomic E-state index is 12.4. The van der Waals surface area contributed by atoms with Gasteiger partial charge < -0.3 is 58.2 Å². The Balaban J connectivity index is 4.18. The number of nitrogens with one attached hydrogen (secondary N) is 7. The lowest BCUT2D eigenvalue weighted by atomic mass is 10.1. The summed E-state index contributed by atoms with van der Waals surface area (Å²) in [5.41, 5.74) is 10.9. The molecule has 0 aromatic rings. The summed E-state index contributed by atoms with van der Waals surface area (Å²) in [6.07, 6.45) is 9.21. The fourth-order valence-corrected chi connectivity index (χ4v) is 4.07. The Bertz CT molecular complexity index is 731. The first-order chi connectivity index (χ1) is 21.4. The van der Waals surface area contributed by atoms with Gasteiger partial charge in [0.15, 0.2) is 0 Å². The van der Waals surface area contributed by atoms with E-state index in [0.29, 0.717) is 26.2 Å². The first-order valence-corrected chi connectivity index (χ1v) is 16.4. The van der Waals surface area contributed by atoms with E-state index in [1.165, 1.54) is 6.92 Å². The van der Waals surface area contributed by atoms with Crippen LogP contribution in [-0.4, -0.2) is 115 Å². The lowest BCUT2D eigenvalue weighted by Crippen LogP contribution is -2.48. The van der Waals surface area contributed by atoms with Crippen molar-refractivity contribution in [2.24, 2.45) is 11.5 Å². The third kappa shape index (κ3) is 28.3. The molecule has 0 spiro atoms. The maximum Gasteiger partial charge on any atom is 0.407 e. The molecule has 0 bridgehead atoms. The summed E-state index contributed by atoms with van der Waals surface area (Å²) in [5.74, 6) is -0.327. The Kier molecular flexibility index (Phi) is 30.1. The molecule has 0 rings (SSSR count). The topological polar surface area (TPSA) is 206 Å². The summed E-state index contributed by atoms with van der Waals surface area (Å²) in [7, 11) is 0. The number of alkyl carbamates (subject to hydrolysis) is 2. The molecule has 2 atom stereocenters. The first-order valence-electron chi connectivity index (χ1n) is 16.4. The van der Waals surface area contributed by atoms with Gasteiger partial charge in [-0.25, -0.2) is 9.59 Å². The van der Waals surface area contributed by atoms with Crippen LogP contribution in [0.25, 0.3) is 0 Å². The molecule has 0 aliphatic heterocycles. The number of hydrogen-bond donors (Lipinski definition) is 9. The van der Waals surface area contributed by atoms with Crippen LogP contribution in [0.5, 0.6) is 0 Å². The van der Waals surface area contributed by atoms with E-state index in [1.54, 1.807) is 19.1 Å². The quantitative estimate of drug-likeness (QED) is 0.0390. The minimum Gasteiger partial charge on any atom is -0.447 e. The van der Waals surface area contributed by atoms with E-state index in [0.717, 1.165) is 104 Å². The summed E-state index contributed by atoms with van der Waals surface area (Å²) in [6.45, 7) is 12.6. The van der Waals surface area contributed by atoms with Crippen molar-refractivity contribution in [1.82, 2.24) is 37.2 Å². The number of carbonyl (C=O) groups is 3. The SMILES string of the molecule is C/C=C/[C@@H](OC(=O)NCCCNCCCCNCCCN)[C@H](COC(=O)NCCCNCCCCNCCCN)NC(C)=O. The molecule has 258 valence electrons. The van der Waals surface area contributed by atoms with Crippen molar-refractivity contribution in [1.29, 1.82) is 0 Å². The summed E-state index contributed by atoms with van der Waals surface area (Å²) in [4.78, 5) is 36.5. The molecular formula is C30H63N9O5. The minimum absolute atomic E-state index is 0.155. The Morgan fingerprint density at radius 1 is 0.636 bits per heavy atom. The van der Waals surface area contributed by atoms with Crippen LogP contribution >= 0.6 is 0 Å². The van der Waals surface area contributed by atoms with Crippen LogP contribution in [0.1, 0.15) is 65.2 Å². The molecular weight excluding hydrogens is 566 g/mol. The van der Waals surface area contributed by atoms with Gasteiger partial charge in [0.1, 0.15) is 18.8 Å². The predicted molar refractivity (Wildman–Crippen MR) is 177 cm³/mol. The fraction of sp³-hybridized carbons (Fsp3) is 0.833. The molecule has 0 aromatic heterocycles. The highest BCUT2D eigenvalue weighted by Crippen LogP contribution is 2.05. The van der Waals surface area contributed by atoms with Crippen LogP contribution in [0.2, 0.25) is 0 Å². The highest BCUT2D eigenvalue weighted by Gasteiger charge is 2.25. The number of rotatable bonds is 30. The van der Waals surface area contributed by atoms with E-state index < -0.39 is 24.3 Å². The molecule has 0 heterocycles. The normalized spacial score (nSPS) is 12.5. The van der Waals surface area contributed by atoms with E-state index in [1.807, 2.05) is 0 Å². The second-order valence-corrected chi connectivity index (χ2v) is 10.6. The molecule has 14 nitrogen and oxygen atoms in total. The molecule has 14 heteroatoms. The zero-order valence-electron chi connectivity index (χ0n) is 27.4. The first kappa shape index (κ1) is 41.5. The minimum atomic E-state index is -0.812. The molecule has 0 aliphatic rings. The number of nitrogens with two attached hydrogens (primary N) is 2. The summed E-state index contributed by atoms with van der Waals surface area (Å²) in [5, 5.41) is 21.6. The number of allylic oxidation sites excluding steroid dienone is 1. The fourth-order valence-electron chi connectivity index (χ4n) is 4.07. The van der Waals surface area contributed by atoms with Gasteiger partial charge >= 0.3 is 12.2 Å². The van der Waals surface area contributed by atoms with Crippen molar-refractivity contribution in [3.63, 3.8) is 0 Å². The lowest BCUT2D eigenvalue weighted by Gasteiger charge is -2.25. The van der Waals surface area contributed by atoms with Gasteiger partial charge in [0.05, 0.1) is 0 Å². The number of hydrogen-bond acceptors (Lipinski definition) is 11. The van der Waals surface area contributed by atoms with Crippen LogP contribution in [0, 0.1) is 0 Å². The molecule has 11 N–H and O–H groups in total. The van der Waals surface area contributed by atoms with Gasteiger partial charge in [-0.2, -0.15) is 0 Å². The van der Waals surface area contributed by atoms with Crippen LogP contribution < -0.4 is 48.7 Å². The van der Waals surface area contributed by atoms with Gasteiger partial charge in [-0.1, -0.05) is 6.08 Å². The van der Waals surface area contributed by atoms with Crippen molar-refractivity contribution in [2.45, 2.75) is 77.4 Å². The molecule has 0 aromatic carbocycles. The third-order valence-electron chi connectivity index (χ3n) is 6.43. The average Bonchev–Trinajstić information content (AvgIpc) is 3.00. The number of ether oxygens (including phenoxy) is 2. The number of unbranched alkanes of at least 4 members (excludes halogenated alkanes) is 2. The highest BCUT2D eigenvalue weighted by atomic mass is 16.6. The maximum atomic E-state index is 12.4. The summed E-state index contributed by atoms with van der Waals surface area (Å²) >= 11 is 0. The number of amides is 3. The van der Waals surface area contributed by atoms with Crippen LogP contribution in [0.15, 0.2) is 12.2 Å². The van der Waals surface area contributed by atoms with E-state index in [4.69, 9.17) is 20.9 Å². The summed E-state index contributed by atoms with van der Waals surface area (Å²) < 4.78 is 10.9. The standard InChI is InChI=1S/C30H63N9O5/c1-3-12-28(44-30(42)38-24-11-22-36-18-7-5-16-34-20-9-14-32)27(39-26(2)40)25-43-29(41)37-23-10-21-35-17-6-4-15-33-19-8-13-31/h3,12,27-28,33-36H,4-11,13-25,31-32H2,1-2H3,(H,37,41)(H,38,42)(H,39,40)/b12-3+/t27-,28+/m0/s1. The van der Waals surface area contributed by atoms with Gasteiger partial charge in [0, 0.05) is 20.0 Å². The van der Waals surface area contributed by atoms with Crippen molar-refractivity contribution in [3.05, 3.63) is 12.2 Å². The molecule has 0 radical (unpaired) electrons.